The minimum absolute atomic E-state index is 0.377. The number of piperidine rings is 1. The van der Waals surface area contributed by atoms with E-state index in [1.165, 1.54) is 18.5 Å². The average molecular weight is 244 g/mol. The molecule has 1 aromatic rings. The molecule has 0 radical (unpaired) electrons. The predicted octanol–water partition coefficient (Wildman–Crippen LogP) is 3.36. The molecular weight excluding hydrogens is 224 g/mol. The van der Waals surface area contributed by atoms with E-state index < -0.39 is 0 Å². The molecule has 0 spiro atoms. The van der Waals surface area contributed by atoms with Gasteiger partial charge in [-0.15, -0.1) is 0 Å². The Bertz CT molecular complexity index is 407. The Morgan fingerprint density at radius 1 is 1.33 bits per heavy atom. The van der Waals surface area contributed by atoms with Gasteiger partial charge >= 0.3 is 0 Å². The van der Waals surface area contributed by atoms with Gasteiger partial charge in [-0.05, 0) is 50.5 Å². The lowest BCUT2D eigenvalue weighted by molar-refractivity contribution is 0.340. The zero-order valence-corrected chi connectivity index (χ0v) is 10.9. The molecule has 3 nitrogen and oxygen atoms in total. The van der Waals surface area contributed by atoms with Crippen LogP contribution in [0.4, 0.5) is 5.69 Å². The van der Waals surface area contributed by atoms with Gasteiger partial charge in [0.05, 0.1) is 19.1 Å². The number of nitrogens with zero attached hydrogens (tertiary/aromatic N) is 2. The first-order valence-corrected chi connectivity index (χ1v) is 6.71. The highest BCUT2D eigenvalue weighted by molar-refractivity contribution is 5.50. The van der Waals surface area contributed by atoms with E-state index in [1.54, 1.807) is 0 Å². The normalized spacial score (nSPS) is 19.3. The molecule has 2 rings (SSSR count). The second-order valence-corrected chi connectivity index (χ2v) is 4.63. The minimum Gasteiger partial charge on any atom is -0.494 e. The molecule has 96 valence electrons. The van der Waals surface area contributed by atoms with Crippen molar-refractivity contribution in [2.24, 2.45) is 0 Å². The summed E-state index contributed by atoms with van der Waals surface area (Å²) >= 11 is 0. The van der Waals surface area contributed by atoms with Gasteiger partial charge in [-0.25, -0.2) is 0 Å². The average Bonchev–Trinajstić information content (AvgIpc) is 2.41. The molecule has 3 heteroatoms. The molecule has 0 aromatic heterocycles. The maximum Gasteiger partial charge on any atom is 0.119 e. The molecule has 0 bridgehead atoms. The number of nitriles is 1. The van der Waals surface area contributed by atoms with E-state index in [9.17, 15) is 0 Å². The van der Waals surface area contributed by atoms with Crippen LogP contribution in [-0.4, -0.2) is 19.2 Å². The summed E-state index contributed by atoms with van der Waals surface area (Å²) in [7, 11) is 0. The van der Waals surface area contributed by atoms with Gasteiger partial charge in [-0.2, -0.15) is 5.26 Å². The second kappa shape index (κ2) is 6.30. The maximum atomic E-state index is 8.90. The number of anilines is 1. The summed E-state index contributed by atoms with van der Waals surface area (Å²) < 4.78 is 5.45. The Labute approximate surface area is 109 Å². The monoisotopic (exact) mass is 244 g/mol. The zero-order valence-electron chi connectivity index (χ0n) is 10.9. The molecule has 1 aromatic carbocycles. The topological polar surface area (TPSA) is 36.3 Å². The molecular formula is C15H20N2O. The first kappa shape index (κ1) is 12.8. The van der Waals surface area contributed by atoms with Crippen LogP contribution < -0.4 is 9.64 Å². The van der Waals surface area contributed by atoms with Gasteiger partial charge in [0.25, 0.3) is 0 Å². The first-order chi connectivity index (χ1) is 8.85. The highest BCUT2D eigenvalue weighted by Crippen LogP contribution is 2.27. The Morgan fingerprint density at radius 2 is 2.11 bits per heavy atom. The van der Waals surface area contributed by atoms with Crippen molar-refractivity contribution < 1.29 is 4.74 Å². The third-order valence-corrected chi connectivity index (χ3v) is 3.43. The van der Waals surface area contributed by atoms with Gasteiger partial charge < -0.3 is 9.64 Å². The Balaban J connectivity index is 2.10. The van der Waals surface area contributed by atoms with Crippen LogP contribution in [0.1, 0.15) is 32.6 Å². The fourth-order valence-electron chi connectivity index (χ4n) is 2.56. The first-order valence-electron chi connectivity index (χ1n) is 6.71. The van der Waals surface area contributed by atoms with Crippen LogP contribution in [0, 0.1) is 11.3 Å². The highest BCUT2D eigenvalue weighted by Gasteiger charge is 2.22. The van der Waals surface area contributed by atoms with Gasteiger partial charge in [-0.3, -0.25) is 0 Å². The predicted molar refractivity (Wildman–Crippen MR) is 72.8 cm³/mol. The van der Waals surface area contributed by atoms with Crippen molar-refractivity contribution in [2.75, 3.05) is 18.1 Å². The minimum atomic E-state index is 0.377. The van der Waals surface area contributed by atoms with Crippen LogP contribution in [0.15, 0.2) is 24.3 Å². The molecule has 0 N–H and O–H groups in total. The fourth-order valence-corrected chi connectivity index (χ4v) is 2.56. The molecule has 0 amide bonds. The number of hydrogen-bond acceptors (Lipinski definition) is 3. The molecule has 0 aliphatic carbocycles. The lowest BCUT2D eigenvalue weighted by Gasteiger charge is -2.36. The molecule has 0 saturated carbocycles. The largest absolute Gasteiger partial charge is 0.494 e. The summed E-state index contributed by atoms with van der Waals surface area (Å²) in [5.74, 6) is 0.912. The van der Waals surface area contributed by atoms with Crippen molar-refractivity contribution in [3.8, 4) is 11.8 Å². The van der Waals surface area contributed by atoms with Crippen molar-refractivity contribution >= 4 is 5.69 Å². The Kier molecular flexibility index (Phi) is 4.46. The fraction of sp³-hybridized carbons (Fsp3) is 0.533. The highest BCUT2D eigenvalue weighted by atomic mass is 16.5. The summed E-state index contributed by atoms with van der Waals surface area (Å²) in [4.78, 5) is 2.36. The van der Waals surface area contributed by atoms with Crippen LogP contribution in [-0.2, 0) is 0 Å². The molecule has 1 fully saturated rings. The van der Waals surface area contributed by atoms with Gasteiger partial charge in [0.2, 0.25) is 0 Å². The lowest BCUT2D eigenvalue weighted by atomic mass is 9.99. The van der Waals surface area contributed by atoms with Crippen LogP contribution in [0.3, 0.4) is 0 Å². The maximum absolute atomic E-state index is 8.90. The summed E-state index contributed by atoms with van der Waals surface area (Å²) in [6.45, 7) is 3.74. The van der Waals surface area contributed by atoms with E-state index in [1.807, 2.05) is 19.1 Å². The van der Waals surface area contributed by atoms with Crippen molar-refractivity contribution in [2.45, 2.75) is 38.6 Å². The summed E-state index contributed by atoms with van der Waals surface area (Å²) in [6.07, 6.45) is 4.20. The number of ether oxygens (including phenoxy) is 1. The Morgan fingerprint density at radius 3 is 2.78 bits per heavy atom. The van der Waals surface area contributed by atoms with Gasteiger partial charge in [0.15, 0.2) is 0 Å². The van der Waals surface area contributed by atoms with Crippen molar-refractivity contribution in [3.05, 3.63) is 24.3 Å². The molecule has 1 aliphatic rings. The lowest BCUT2D eigenvalue weighted by Crippen LogP contribution is -2.39. The molecule has 1 unspecified atom stereocenters. The smallest absolute Gasteiger partial charge is 0.119 e. The van der Waals surface area contributed by atoms with Crippen molar-refractivity contribution in [3.63, 3.8) is 0 Å². The SMILES string of the molecule is CCOc1ccc(N2CCCCC2CC#N)cc1. The number of rotatable bonds is 4. The van der Waals surface area contributed by atoms with Crippen LogP contribution in [0.5, 0.6) is 5.75 Å². The van der Waals surface area contributed by atoms with Gasteiger partial charge in [0.1, 0.15) is 5.75 Å². The molecule has 1 heterocycles. The van der Waals surface area contributed by atoms with E-state index in [0.717, 1.165) is 18.7 Å². The van der Waals surface area contributed by atoms with E-state index in [4.69, 9.17) is 10.00 Å². The summed E-state index contributed by atoms with van der Waals surface area (Å²) in [6, 6.07) is 10.9. The zero-order chi connectivity index (χ0) is 12.8. The summed E-state index contributed by atoms with van der Waals surface area (Å²) in [5, 5.41) is 8.90. The van der Waals surface area contributed by atoms with E-state index >= 15 is 0 Å². The van der Waals surface area contributed by atoms with Crippen molar-refractivity contribution in [1.82, 2.24) is 0 Å². The number of hydrogen-bond donors (Lipinski definition) is 0. The van der Waals surface area contributed by atoms with E-state index in [-0.39, 0.29) is 0 Å². The van der Waals surface area contributed by atoms with E-state index in [2.05, 4.69) is 23.1 Å². The second-order valence-electron chi connectivity index (χ2n) is 4.63. The van der Waals surface area contributed by atoms with Crippen LogP contribution >= 0.6 is 0 Å². The molecule has 1 atom stereocenters. The molecule has 1 saturated heterocycles. The molecule has 1 aliphatic heterocycles. The van der Waals surface area contributed by atoms with Gasteiger partial charge in [0, 0.05) is 18.3 Å². The number of benzene rings is 1. The van der Waals surface area contributed by atoms with Crippen LogP contribution in [0.25, 0.3) is 0 Å². The molecule has 18 heavy (non-hydrogen) atoms. The van der Waals surface area contributed by atoms with Crippen LogP contribution in [0.2, 0.25) is 0 Å². The summed E-state index contributed by atoms with van der Waals surface area (Å²) in [5.41, 5.74) is 1.21. The van der Waals surface area contributed by atoms with Gasteiger partial charge in [-0.1, -0.05) is 0 Å². The third kappa shape index (κ3) is 2.95. The Hall–Kier alpha value is -1.69. The van der Waals surface area contributed by atoms with Crippen molar-refractivity contribution in [1.29, 1.82) is 5.26 Å². The third-order valence-electron chi connectivity index (χ3n) is 3.43. The standard InChI is InChI=1S/C15H20N2O/c1-2-18-15-8-6-14(7-9-15)17-12-4-3-5-13(17)10-11-16/h6-9,13H,2-5,10,12H2,1H3. The quantitative estimate of drug-likeness (QED) is 0.814. The van der Waals surface area contributed by atoms with E-state index in [0.29, 0.717) is 19.1 Å².